The van der Waals surface area contributed by atoms with Crippen LogP contribution in [0.5, 0.6) is 5.75 Å². The number of hydrogen-bond donors (Lipinski definition) is 1. The van der Waals surface area contributed by atoms with Gasteiger partial charge in [0.2, 0.25) is 0 Å². The van der Waals surface area contributed by atoms with Gasteiger partial charge >= 0.3 is 5.97 Å². The van der Waals surface area contributed by atoms with Crippen LogP contribution in [0.3, 0.4) is 0 Å². The van der Waals surface area contributed by atoms with Crippen LogP contribution in [0.15, 0.2) is 18.2 Å². The third kappa shape index (κ3) is 4.96. The fraction of sp³-hybridized carbons (Fsp3) is 0.556. The van der Waals surface area contributed by atoms with Gasteiger partial charge in [0, 0.05) is 12.3 Å². The number of rotatable bonds is 9. The van der Waals surface area contributed by atoms with Gasteiger partial charge in [-0.25, -0.2) is 4.79 Å². The molecule has 1 aromatic carbocycles. The third-order valence-electron chi connectivity index (χ3n) is 3.72. The van der Waals surface area contributed by atoms with Crippen LogP contribution < -0.4 is 10.1 Å². The van der Waals surface area contributed by atoms with Crippen LogP contribution in [-0.2, 0) is 14.3 Å². The molecule has 24 heavy (non-hydrogen) atoms. The molecule has 0 unspecified atom stereocenters. The van der Waals surface area contributed by atoms with Gasteiger partial charge in [-0.3, -0.25) is 4.79 Å². The minimum Gasteiger partial charge on any atom is -0.493 e. The average Bonchev–Trinajstić information content (AvgIpc) is 2.59. The van der Waals surface area contributed by atoms with Gasteiger partial charge in [0.15, 0.2) is 0 Å². The van der Waals surface area contributed by atoms with Gasteiger partial charge in [-0.1, -0.05) is 13.8 Å². The van der Waals surface area contributed by atoms with Crippen molar-refractivity contribution in [3.8, 4) is 5.75 Å². The summed E-state index contributed by atoms with van der Waals surface area (Å²) < 4.78 is 15.9. The Kier molecular flexibility index (Phi) is 7.71. The standard InChI is InChI=1S/C18H27NO5/c1-6-11-23-15-10-9-13(12-14(15)16(20)22-5)19-17(21)18(4,7-2)24-8-3/h9-10,12H,6-8,11H2,1-5H3,(H,19,21)/t18-/m0/s1. The SMILES string of the molecule is CCCOc1ccc(NC(=O)[C@](C)(CC)OCC)cc1C(=O)OC. The summed E-state index contributed by atoms with van der Waals surface area (Å²) in [7, 11) is 1.31. The fourth-order valence-electron chi connectivity index (χ4n) is 2.13. The Morgan fingerprint density at radius 3 is 2.46 bits per heavy atom. The Bertz CT molecular complexity index is 573. The minimum atomic E-state index is -0.919. The van der Waals surface area contributed by atoms with Gasteiger partial charge in [-0.2, -0.15) is 0 Å². The maximum Gasteiger partial charge on any atom is 0.341 e. The molecular weight excluding hydrogens is 310 g/mol. The Morgan fingerprint density at radius 2 is 1.92 bits per heavy atom. The second-order valence-corrected chi connectivity index (χ2v) is 5.52. The van der Waals surface area contributed by atoms with Crippen LogP contribution in [0.1, 0.15) is 50.9 Å². The van der Waals surface area contributed by atoms with E-state index in [9.17, 15) is 9.59 Å². The molecule has 0 aromatic heterocycles. The van der Waals surface area contributed by atoms with Crippen LogP contribution in [0.4, 0.5) is 5.69 Å². The molecule has 0 heterocycles. The summed E-state index contributed by atoms with van der Waals surface area (Å²) in [6, 6.07) is 4.90. The van der Waals surface area contributed by atoms with Crippen molar-refractivity contribution < 1.29 is 23.8 Å². The summed E-state index contributed by atoms with van der Waals surface area (Å²) in [6.45, 7) is 8.38. The van der Waals surface area contributed by atoms with Crippen molar-refractivity contribution >= 4 is 17.6 Å². The summed E-state index contributed by atoms with van der Waals surface area (Å²) in [4.78, 5) is 24.4. The van der Waals surface area contributed by atoms with Crippen molar-refractivity contribution in [1.29, 1.82) is 0 Å². The first-order valence-corrected chi connectivity index (χ1v) is 8.22. The van der Waals surface area contributed by atoms with Crippen molar-refractivity contribution in [3.63, 3.8) is 0 Å². The number of amides is 1. The molecule has 0 aliphatic carbocycles. The number of nitrogens with one attached hydrogen (secondary N) is 1. The molecule has 1 amide bonds. The molecule has 0 bridgehead atoms. The first-order valence-electron chi connectivity index (χ1n) is 8.22. The van der Waals surface area contributed by atoms with E-state index in [1.165, 1.54) is 7.11 Å². The van der Waals surface area contributed by atoms with Crippen molar-refractivity contribution in [2.75, 3.05) is 25.6 Å². The zero-order valence-electron chi connectivity index (χ0n) is 15.1. The lowest BCUT2D eigenvalue weighted by molar-refractivity contribution is -0.139. The predicted octanol–water partition coefficient (Wildman–Crippen LogP) is 3.41. The zero-order chi connectivity index (χ0) is 18.2. The molecule has 1 atom stereocenters. The van der Waals surface area contributed by atoms with Gasteiger partial charge in [0.25, 0.3) is 5.91 Å². The van der Waals surface area contributed by atoms with E-state index in [1.807, 2.05) is 20.8 Å². The van der Waals surface area contributed by atoms with E-state index in [-0.39, 0.29) is 11.5 Å². The highest BCUT2D eigenvalue weighted by atomic mass is 16.5. The summed E-state index contributed by atoms with van der Waals surface area (Å²) >= 11 is 0. The Morgan fingerprint density at radius 1 is 1.21 bits per heavy atom. The van der Waals surface area contributed by atoms with Gasteiger partial charge < -0.3 is 19.5 Å². The predicted molar refractivity (Wildman–Crippen MR) is 92.5 cm³/mol. The van der Waals surface area contributed by atoms with Crippen molar-refractivity contribution in [3.05, 3.63) is 23.8 Å². The van der Waals surface area contributed by atoms with Crippen LogP contribution in [-0.4, -0.2) is 37.8 Å². The van der Waals surface area contributed by atoms with Crippen LogP contribution in [0.25, 0.3) is 0 Å². The summed E-state index contributed by atoms with van der Waals surface area (Å²) in [5.41, 5.74) is -0.153. The first-order chi connectivity index (χ1) is 11.4. The summed E-state index contributed by atoms with van der Waals surface area (Å²) in [6.07, 6.45) is 1.36. The number of carbonyl (C=O) groups is 2. The normalized spacial score (nSPS) is 13.0. The largest absolute Gasteiger partial charge is 0.493 e. The number of esters is 1. The van der Waals surface area contributed by atoms with E-state index in [0.717, 1.165) is 6.42 Å². The summed E-state index contributed by atoms with van der Waals surface area (Å²) in [5.74, 6) is -0.338. The lowest BCUT2D eigenvalue weighted by atomic mass is 10.0. The average molecular weight is 337 g/mol. The number of hydrogen-bond acceptors (Lipinski definition) is 5. The first kappa shape index (κ1) is 20.0. The van der Waals surface area contributed by atoms with E-state index in [4.69, 9.17) is 14.2 Å². The van der Waals surface area contributed by atoms with Crippen LogP contribution in [0, 0.1) is 0 Å². The molecule has 0 fully saturated rings. The van der Waals surface area contributed by atoms with E-state index in [2.05, 4.69) is 5.32 Å². The molecule has 1 rings (SSSR count). The maximum atomic E-state index is 12.5. The molecule has 0 radical (unpaired) electrons. The molecule has 6 nitrogen and oxygen atoms in total. The van der Waals surface area contributed by atoms with Crippen molar-refractivity contribution in [1.82, 2.24) is 0 Å². The van der Waals surface area contributed by atoms with E-state index in [1.54, 1.807) is 25.1 Å². The monoisotopic (exact) mass is 337 g/mol. The third-order valence-corrected chi connectivity index (χ3v) is 3.72. The highest BCUT2D eigenvalue weighted by molar-refractivity contribution is 5.99. The number of ether oxygens (including phenoxy) is 3. The summed E-state index contributed by atoms with van der Waals surface area (Å²) in [5, 5.41) is 2.79. The van der Waals surface area contributed by atoms with Crippen molar-refractivity contribution in [2.24, 2.45) is 0 Å². The van der Waals surface area contributed by atoms with Crippen molar-refractivity contribution in [2.45, 2.75) is 46.1 Å². The molecular formula is C18H27NO5. The molecule has 6 heteroatoms. The van der Waals surface area contributed by atoms with Crippen LogP contribution in [0.2, 0.25) is 0 Å². The van der Waals surface area contributed by atoms with E-state index in [0.29, 0.717) is 31.1 Å². The van der Waals surface area contributed by atoms with Gasteiger partial charge in [0.1, 0.15) is 16.9 Å². The van der Waals surface area contributed by atoms with Crippen LogP contribution >= 0.6 is 0 Å². The molecule has 1 N–H and O–H groups in total. The molecule has 1 aromatic rings. The lowest BCUT2D eigenvalue weighted by Gasteiger charge is -2.26. The van der Waals surface area contributed by atoms with E-state index >= 15 is 0 Å². The Hall–Kier alpha value is -2.08. The molecule has 0 aliphatic heterocycles. The smallest absolute Gasteiger partial charge is 0.341 e. The van der Waals surface area contributed by atoms with Gasteiger partial charge in [0.05, 0.1) is 13.7 Å². The Labute approximate surface area is 143 Å². The van der Waals surface area contributed by atoms with E-state index < -0.39 is 11.6 Å². The zero-order valence-corrected chi connectivity index (χ0v) is 15.1. The second kappa shape index (κ2) is 9.27. The number of benzene rings is 1. The van der Waals surface area contributed by atoms with Gasteiger partial charge in [-0.15, -0.1) is 0 Å². The maximum absolute atomic E-state index is 12.5. The number of anilines is 1. The van der Waals surface area contributed by atoms with Gasteiger partial charge in [-0.05, 0) is 44.9 Å². The fourth-order valence-corrected chi connectivity index (χ4v) is 2.13. The molecule has 134 valence electrons. The number of carbonyl (C=O) groups excluding carboxylic acids is 2. The highest BCUT2D eigenvalue weighted by Gasteiger charge is 2.32. The molecule has 0 saturated heterocycles. The number of methoxy groups -OCH3 is 1. The molecule has 0 saturated carbocycles. The minimum absolute atomic E-state index is 0.259. The lowest BCUT2D eigenvalue weighted by Crippen LogP contribution is -2.42. The second-order valence-electron chi connectivity index (χ2n) is 5.52. The highest BCUT2D eigenvalue weighted by Crippen LogP contribution is 2.25. The quantitative estimate of drug-likeness (QED) is 0.699. The molecule has 0 aliphatic rings. The Balaban J connectivity index is 3.04. The topological polar surface area (TPSA) is 73.9 Å². The molecule has 0 spiro atoms.